The monoisotopic (exact) mass is 364 g/mol. The molecule has 2 rings (SSSR count). The molecule has 0 fully saturated rings. The molecule has 0 saturated heterocycles. The van der Waals surface area contributed by atoms with Crippen LogP contribution in [0.1, 0.15) is 19.8 Å². The normalized spacial score (nSPS) is 12.5. The van der Waals surface area contributed by atoms with Gasteiger partial charge in [-0.25, -0.2) is 13.1 Å². The lowest BCUT2D eigenvalue weighted by Crippen LogP contribution is -2.25. The fraction of sp³-hybridized carbons (Fsp3) is 0.294. The first kappa shape index (κ1) is 18.9. The zero-order chi connectivity index (χ0) is 18.3. The minimum Gasteiger partial charge on any atom is -0.491 e. The summed E-state index contributed by atoms with van der Waals surface area (Å²) in [7, 11) is -3.48. The molecule has 1 unspecified atom stereocenters. The molecule has 0 spiro atoms. The van der Waals surface area contributed by atoms with E-state index < -0.39 is 14.9 Å². The van der Waals surface area contributed by atoms with Crippen molar-refractivity contribution in [1.29, 1.82) is 0 Å². The molecule has 1 N–H and O–H groups in total. The standard InChI is InChI=1S/C17H20N2O5S/c1-14(24-16-11-9-15(10-12-16)19(20)21)6-5-13-18-25(22,23)17-7-3-2-4-8-17/h2-4,7-12,14,18H,5-6,13H2,1H3. The van der Waals surface area contributed by atoms with Crippen LogP contribution in [0.5, 0.6) is 5.75 Å². The second kappa shape index (κ2) is 8.59. The number of sulfonamides is 1. The van der Waals surface area contributed by atoms with Crippen LogP contribution in [-0.4, -0.2) is 26.0 Å². The van der Waals surface area contributed by atoms with Crippen LogP contribution in [-0.2, 0) is 10.0 Å². The summed E-state index contributed by atoms with van der Waals surface area (Å²) in [5.41, 5.74) is 0.00956. The van der Waals surface area contributed by atoms with Crippen molar-refractivity contribution in [2.75, 3.05) is 6.54 Å². The predicted molar refractivity (Wildman–Crippen MR) is 94.1 cm³/mol. The summed E-state index contributed by atoms with van der Waals surface area (Å²) in [6.45, 7) is 2.18. The summed E-state index contributed by atoms with van der Waals surface area (Å²) < 4.78 is 32.3. The van der Waals surface area contributed by atoms with Crippen molar-refractivity contribution in [1.82, 2.24) is 4.72 Å². The maximum Gasteiger partial charge on any atom is 0.269 e. The maximum absolute atomic E-state index is 12.1. The van der Waals surface area contributed by atoms with Crippen molar-refractivity contribution in [2.24, 2.45) is 0 Å². The average molecular weight is 364 g/mol. The second-order valence-corrected chi connectivity index (χ2v) is 7.30. The van der Waals surface area contributed by atoms with Gasteiger partial charge >= 0.3 is 0 Å². The van der Waals surface area contributed by atoms with Gasteiger partial charge in [0.25, 0.3) is 5.69 Å². The first-order chi connectivity index (χ1) is 11.9. The summed E-state index contributed by atoms with van der Waals surface area (Å²) in [6, 6.07) is 14.1. The predicted octanol–water partition coefficient (Wildman–Crippen LogP) is 3.12. The molecule has 0 aliphatic heterocycles. The molecule has 0 aliphatic carbocycles. The van der Waals surface area contributed by atoms with E-state index in [1.807, 2.05) is 6.92 Å². The van der Waals surface area contributed by atoms with Gasteiger partial charge in [-0.3, -0.25) is 10.1 Å². The second-order valence-electron chi connectivity index (χ2n) is 5.53. The van der Waals surface area contributed by atoms with Gasteiger partial charge in [0.2, 0.25) is 10.0 Å². The highest BCUT2D eigenvalue weighted by Gasteiger charge is 2.13. The zero-order valence-corrected chi connectivity index (χ0v) is 14.6. The van der Waals surface area contributed by atoms with Crippen molar-refractivity contribution in [3.63, 3.8) is 0 Å². The Morgan fingerprint density at radius 1 is 1.12 bits per heavy atom. The van der Waals surface area contributed by atoms with Gasteiger partial charge in [0.1, 0.15) is 5.75 Å². The van der Waals surface area contributed by atoms with Crippen LogP contribution in [0.25, 0.3) is 0 Å². The average Bonchev–Trinajstić information content (AvgIpc) is 2.60. The van der Waals surface area contributed by atoms with Gasteiger partial charge in [-0.15, -0.1) is 0 Å². The zero-order valence-electron chi connectivity index (χ0n) is 13.8. The van der Waals surface area contributed by atoms with Crippen LogP contribution in [0.3, 0.4) is 0 Å². The van der Waals surface area contributed by atoms with E-state index in [0.29, 0.717) is 25.1 Å². The van der Waals surface area contributed by atoms with Crippen molar-refractivity contribution < 1.29 is 18.1 Å². The maximum atomic E-state index is 12.1. The number of ether oxygens (including phenoxy) is 1. The highest BCUT2D eigenvalue weighted by Crippen LogP contribution is 2.19. The molecule has 1 atom stereocenters. The van der Waals surface area contributed by atoms with Gasteiger partial charge < -0.3 is 4.74 Å². The van der Waals surface area contributed by atoms with Crippen LogP contribution < -0.4 is 9.46 Å². The molecule has 2 aromatic carbocycles. The van der Waals surface area contributed by atoms with Crippen LogP contribution in [0.2, 0.25) is 0 Å². The number of nitrogens with zero attached hydrogens (tertiary/aromatic N) is 1. The molecular formula is C17H20N2O5S. The number of non-ortho nitro benzene ring substituents is 1. The highest BCUT2D eigenvalue weighted by molar-refractivity contribution is 7.89. The van der Waals surface area contributed by atoms with E-state index in [1.165, 1.54) is 12.1 Å². The highest BCUT2D eigenvalue weighted by atomic mass is 32.2. The molecule has 2 aromatic rings. The summed E-state index contributed by atoms with van der Waals surface area (Å²) in [5.74, 6) is 0.544. The molecule has 134 valence electrons. The first-order valence-corrected chi connectivity index (χ1v) is 9.32. The Labute approximate surface area is 146 Å². The van der Waals surface area contributed by atoms with E-state index in [0.717, 1.165) is 0 Å². The van der Waals surface area contributed by atoms with E-state index in [1.54, 1.807) is 42.5 Å². The molecule has 0 saturated carbocycles. The third kappa shape index (κ3) is 5.84. The van der Waals surface area contributed by atoms with Gasteiger partial charge in [0.15, 0.2) is 0 Å². The minimum absolute atomic E-state index is 0.00956. The number of nitro groups is 1. The van der Waals surface area contributed by atoms with Crippen molar-refractivity contribution in [3.8, 4) is 5.75 Å². The summed E-state index contributed by atoms with van der Waals surface area (Å²) in [4.78, 5) is 10.4. The van der Waals surface area contributed by atoms with E-state index >= 15 is 0 Å². The number of hydrogen-bond acceptors (Lipinski definition) is 5. The smallest absolute Gasteiger partial charge is 0.269 e. The summed E-state index contributed by atoms with van der Waals surface area (Å²) in [5, 5.41) is 10.6. The Morgan fingerprint density at radius 3 is 2.36 bits per heavy atom. The number of nitrogens with one attached hydrogen (secondary N) is 1. The number of benzene rings is 2. The largest absolute Gasteiger partial charge is 0.491 e. The molecule has 0 aliphatic rings. The van der Waals surface area contributed by atoms with Gasteiger partial charge in [-0.1, -0.05) is 18.2 Å². The number of nitro benzene ring substituents is 1. The molecule has 8 heteroatoms. The minimum atomic E-state index is -3.48. The molecular weight excluding hydrogens is 344 g/mol. The Morgan fingerprint density at radius 2 is 1.76 bits per heavy atom. The number of rotatable bonds is 9. The summed E-state index contributed by atoms with van der Waals surface area (Å²) >= 11 is 0. The molecule has 0 aromatic heterocycles. The molecule has 25 heavy (non-hydrogen) atoms. The quantitative estimate of drug-likeness (QED) is 0.419. The Kier molecular flexibility index (Phi) is 6.49. The SMILES string of the molecule is CC(CCCNS(=O)(=O)c1ccccc1)Oc1ccc([N+](=O)[O-])cc1. The topological polar surface area (TPSA) is 98.5 Å². The van der Waals surface area contributed by atoms with E-state index in [-0.39, 0.29) is 16.7 Å². The Bertz CT molecular complexity index is 792. The van der Waals surface area contributed by atoms with Crippen LogP contribution in [0, 0.1) is 10.1 Å². The van der Waals surface area contributed by atoms with E-state index in [4.69, 9.17) is 4.74 Å². The fourth-order valence-electron chi connectivity index (χ4n) is 2.22. The van der Waals surface area contributed by atoms with Gasteiger partial charge in [0, 0.05) is 18.7 Å². The van der Waals surface area contributed by atoms with E-state index in [2.05, 4.69) is 4.72 Å². The number of hydrogen-bond donors (Lipinski definition) is 1. The Hall–Kier alpha value is -2.45. The molecule has 0 radical (unpaired) electrons. The van der Waals surface area contributed by atoms with Crippen molar-refractivity contribution >= 4 is 15.7 Å². The van der Waals surface area contributed by atoms with Crippen molar-refractivity contribution in [2.45, 2.75) is 30.8 Å². The van der Waals surface area contributed by atoms with Gasteiger partial charge in [-0.2, -0.15) is 0 Å². The molecule has 0 bridgehead atoms. The first-order valence-electron chi connectivity index (χ1n) is 7.84. The molecule has 0 heterocycles. The lowest BCUT2D eigenvalue weighted by Gasteiger charge is -2.14. The third-order valence-corrected chi connectivity index (χ3v) is 4.99. The van der Waals surface area contributed by atoms with Crippen LogP contribution in [0.15, 0.2) is 59.5 Å². The van der Waals surface area contributed by atoms with Crippen LogP contribution >= 0.6 is 0 Å². The lowest BCUT2D eigenvalue weighted by molar-refractivity contribution is -0.384. The Balaban J connectivity index is 1.75. The van der Waals surface area contributed by atoms with E-state index in [9.17, 15) is 18.5 Å². The van der Waals surface area contributed by atoms with Crippen molar-refractivity contribution in [3.05, 3.63) is 64.7 Å². The molecule has 7 nitrogen and oxygen atoms in total. The fourth-order valence-corrected chi connectivity index (χ4v) is 3.31. The molecule has 0 amide bonds. The van der Waals surface area contributed by atoms with Gasteiger partial charge in [0.05, 0.1) is 15.9 Å². The lowest BCUT2D eigenvalue weighted by atomic mass is 10.2. The van der Waals surface area contributed by atoms with Gasteiger partial charge in [-0.05, 0) is 44.0 Å². The van der Waals surface area contributed by atoms with Crippen LogP contribution in [0.4, 0.5) is 5.69 Å². The third-order valence-electron chi connectivity index (χ3n) is 3.52. The summed E-state index contributed by atoms with van der Waals surface area (Å²) in [6.07, 6.45) is 1.12.